The molecule has 6 nitrogen and oxygen atoms in total. The number of nitrogens with zero attached hydrogens (tertiary/aromatic N) is 1. The number of likely N-dealkylation sites (tertiary alicyclic amines) is 1. The largest absolute Gasteiger partial charge is 0.482 e. The highest BCUT2D eigenvalue weighted by molar-refractivity contribution is 5.99. The summed E-state index contributed by atoms with van der Waals surface area (Å²) in [7, 11) is 0. The SMILES string of the molecule is O=C1COc2cc(C(=O)N3CCC4(CCNC4)CC3)ccc2N1. The Morgan fingerprint density at radius 2 is 2.04 bits per heavy atom. The van der Waals surface area contributed by atoms with E-state index >= 15 is 0 Å². The predicted octanol–water partition coefficient (Wildman–Crippen LogP) is 1.23. The summed E-state index contributed by atoms with van der Waals surface area (Å²) in [6.07, 6.45) is 3.37. The molecule has 6 heteroatoms. The Morgan fingerprint density at radius 3 is 2.78 bits per heavy atom. The van der Waals surface area contributed by atoms with Crippen LogP contribution in [-0.2, 0) is 4.79 Å². The topological polar surface area (TPSA) is 70.7 Å². The summed E-state index contributed by atoms with van der Waals surface area (Å²) in [6.45, 7) is 3.82. The molecule has 0 saturated carbocycles. The molecule has 1 aromatic carbocycles. The second-order valence-electron chi connectivity index (χ2n) is 6.77. The van der Waals surface area contributed by atoms with Gasteiger partial charge in [-0.1, -0.05) is 0 Å². The minimum atomic E-state index is -0.164. The lowest BCUT2D eigenvalue weighted by molar-refractivity contribution is -0.118. The molecular weight excluding hydrogens is 294 g/mol. The zero-order chi connectivity index (χ0) is 15.9. The van der Waals surface area contributed by atoms with Gasteiger partial charge in [-0.15, -0.1) is 0 Å². The quantitative estimate of drug-likeness (QED) is 0.818. The number of carbonyl (C=O) groups is 2. The zero-order valence-corrected chi connectivity index (χ0v) is 13.1. The van der Waals surface area contributed by atoms with Crippen LogP contribution in [0, 0.1) is 5.41 Å². The van der Waals surface area contributed by atoms with Crippen molar-refractivity contribution in [1.82, 2.24) is 10.2 Å². The van der Waals surface area contributed by atoms with Crippen LogP contribution in [-0.4, -0.2) is 49.5 Å². The Bertz CT molecular complexity index is 642. The first-order valence-corrected chi connectivity index (χ1v) is 8.22. The normalized spacial score (nSPS) is 22.4. The van der Waals surface area contributed by atoms with Gasteiger partial charge >= 0.3 is 0 Å². The number of benzene rings is 1. The van der Waals surface area contributed by atoms with Gasteiger partial charge in [-0.05, 0) is 49.4 Å². The number of piperidine rings is 1. The number of nitrogens with one attached hydrogen (secondary N) is 2. The maximum atomic E-state index is 12.7. The molecule has 0 aromatic heterocycles. The van der Waals surface area contributed by atoms with E-state index in [-0.39, 0.29) is 18.4 Å². The molecular formula is C17H21N3O3. The third-order valence-corrected chi connectivity index (χ3v) is 5.30. The lowest BCUT2D eigenvalue weighted by Crippen LogP contribution is -2.44. The second kappa shape index (κ2) is 5.53. The van der Waals surface area contributed by atoms with Crippen molar-refractivity contribution >= 4 is 17.5 Å². The molecule has 2 N–H and O–H groups in total. The molecule has 0 aliphatic carbocycles. The van der Waals surface area contributed by atoms with Crippen LogP contribution in [0.3, 0.4) is 0 Å². The van der Waals surface area contributed by atoms with E-state index in [1.165, 1.54) is 6.42 Å². The molecule has 23 heavy (non-hydrogen) atoms. The molecule has 2 fully saturated rings. The Morgan fingerprint density at radius 1 is 1.22 bits per heavy atom. The van der Waals surface area contributed by atoms with Crippen LogP contribution in [0.5, 0.6) is 5.75 Å². The summed E-state index contributed by atoms with van der Waals surface area (Å²) in [6, 6.07) is 5.24. The molecule has 3 aliphatic rings. The highest BCUT2D eigenvalue weighted by atomic mass is 16.5. The van der Waals surface area contributed by atoms with Crippen molar-refractivity contribution in [3.63, 3.8) is 0 Å². The second-order valence-corrected chi connectivity index (χ2v) is 6.77. The molecule has 0 bridgehead atoms. The molecule has 0 unspecified atom stereocenters. The van der Waals surface area contributed by atoms with E-state index in [9.17, 15) is 9.59 Å². The summed E-state index contributed by atoms with van der Waals surface area (Å²) in [5.74, 6) is 0.459. The zero-order valence-electron chi connectivity index (χ0n) is 13.1. The molecule has 2 amide bonds. The van der Waals surface area contributed by atoms with Crippen LogP contribution in [0.1, 0.15) is 29.6 Å². The minimum Gasteiger partial charge on any atom is -0.482 e. The first-order chi connectivity index (χ1) is 11.2. The van der Waals surface area contributed by atoms with Gasteiger partial charge in [-0.2, -0.15) is 0 Å². The van der Waals surface area contributed by atoms with E-state index in [4.69, 9.17) is 4.74 Å². The number of hydrogen-bond donors (Lipinski definition) is 2. The van der Waals surface area contributed by atoms with Gasteiger partial charge in [0.05, 0.1) is 5.69 Å². The van der Waals surface area contributed by atoms with E-state index in [1.54, 1.807) is 18.2 Å². The number of carbonyl (C=O) groups excluding carboxylic acids is 2. The van der Waals surface area contributed by atoms with E-state index < -0.39 is 0 Å². The average Bonchev–Trinajstić information content (AvgIpc) is 3.02. The third-order valence-electron chi connectivity index (χ3n) is 5.30. The van der Waals surface area contributed by atoms with Crippen molar-refractivity contribution < 1.29 is 14.3 Å². The van der Waals surface area contributed by atoms with Crippen LogP contribution in [0.25, 0.3) is 0 Å². The first-order valence-electron chi connectivity index (χ1n) is 8.22. The number of ether oxygens (including phenoxy) is 1. The first kappa shape index (κ1) is 14.5. The lowest BCUT2D eigenvalue weighted by Gasteiger charge is -2.39. The summed E-state index contributed by atoms with van der Waals surface area (Å²) in [4.78, 5) is 26.0. The highest BCUT2D eigenvalue weighted by Crippen LogP contribution is 2.37. The maximum absolute atomic E-state index is 12.7. The summed E-state index contributed by atoms with van der Waals surface area (Å²) in [5, 5.41) is 6.18. The number of fused-ring (bicyclic) bond motifs is 1. The van der Waals surface area contributed by atoms with E-state index in [1.807, 2.05) is 4.90 Å². The van der Waals surface area contributed by atoms with Gasteiger partial charge in [0.25, 0.3) is 11.8 Å². The van der Waals surface area contributed by atoms with Crippen molar-refractivity contribution in [2.24, 2.45) is 5.41 Å². The lowest BCUT2D eigenvalue weighted by atomic mass is 9.78. The number of anilines is 1. The molecule has 0 atom stereocenters. The number of hydrogen-bond acceptors (Lipinski definition) is 4. The van der Waals surface area contributed by atoms with Gasteiger partial charge in [0.2, 0.25) is 0 Å². The molecule has 3 aliphatic heterocycles. The standard InChI is InChI=1S/C17H21N3O3/c21-15-10-23-14-9-12(1-2-13(14)19-15)16(22)20-7-4-17(5-8-20)3-6-18-11-17/h1-2,9,18H,3-8,10-11H2,(H,19,21). The Hall–Kier alpha value is -2.08. The smallest absolute Gasteiger partial charge is 0.262 e. The monoisotopic (exact) mass is 315 g/mol. The minimum absolute atomic E-state index is 0.00385. The van der Waals surface area contributed by atoms with Crippen molar-refractivity contribution in [2.45, 2.75) is 19.3 Å². The molecule has 1 aromatic rings. The van der Waals surface area contributed by atoms with Crippen LogP contribution < -0.4 is 15.4 Å². The van der Waals surface area contributed by atoms with Crippen molar-refractivity contribution in [3.05, 3.63) is 23.8 Å². The van der Waals surface area contributed by atoms with Crippen molar-refractivity contribution in [2.75, 3.05) is 38.1 Å². The summed E-state index contributed by atoms with van der Waals surface area (Å²) < 4.78 is 5.40. The number of rotatable bonds is 1. The van der Waals surface area contributed by atoms with Crippen LogP contribution in [0.2, 0.25) is 0 Å². The molecule has 1 spiro atoms. The van der Waals surface area contributed by atoms with E-state index in [0.717, 1.165) is 39.0 Å². The average molecular weight is 315 g/mol. The fourth-order valence-electron chi connectivity index (χ4n) is 3.80. The van der Waals surface area contributed by atoms with Gasteiger partial charge in [-0.25, -0.2) is 0 Å². The highest BCUT2D eigenvalue weighted by Gasteiger charge is 2.38. The Balaban J connectivity index is 1.46. The third kappa shape index (κ3) is 2.67. The predicted molar refractivity (Wildman–Crippen MR) is 85.6 cm³/mol. The fraction of sp³-hybridized carbons (Fsp3) is 0.529. The van der Waals surface area contributed by atoms with Crippen molar-refractivity contribution in [3.8, 4) is 5.75 Å². The summed E-state index contributed by atoms with van der Waals surface area (Å²) >= 11 is 0. The van der Waals surface area contributed by atoms with Crippen LogP contribution in [0.4, 0.5) is 5.69 Å². The fourth-order valence-corrected chi connectivity index (χ4v) is 3.80. The molecule has 122 valence electrons. The van der Waals surface area contributed by atoms with Gasteiger partial charge in [0.15, 0.2) is 6.61 Å². The van der Waals surface area contributed by atoms with E-state index in [0.29, 0.717) is 22.4 Å². The van der Waals surface area contributed by atoms with Gasteiger partial charge in [0, 0.05) is 25.2 Å². The van der Waals surface area contributed by atoms with Crippen molar-refractivity contribution in [1.29, 1.82) is 0 Å². The maximum Gasteiger partial charge on any atom is 0.262 e. The van der Waals surface area contributed by atoms with Crippen LogP contribution in [0.15, 0.2) is 18.2 Å². The van der Waals surface area contributed by atoms with E-state index in [2.05, 4.69) is 10.6 Å². The Labute approximate surface area is 135 Å². The van der Waals surface area contributed by atoms with Gasteiger partial charge in [0.1, 0.15) is 5.75 Å². The van der Waals surface area contributed by atoms with Gasteiger partial charge < -0.3 is 20.3 Å². The summed E-state index contributed by atoms with van der Waals surface area (Å²) in [5.41, 5.74) is 1.66. The number of amides is 2. The Kier molecular flexibility index (Phi) is 3.49. The molecule has 3 heterocycles. The molecule has 2 saturated heterocycles. The molecule has 0 radical (unpaired) electrons. The van der Waals surface area contributed by atoms with Crippen LogP contribution >= 0.6 is 0 Å². The molecule has 4 rings (SSSR count). The van der Waals surface area contributed by atoms with Gasteiger partial charge in [-0.3, -0.25) is 9.59 Å².